The minimum Gasteiger partial charge on any atom is -0.496 e. The van der Waals surface area contributed by atoms with Crippen molar-refractivity contribution in [2.45, 2.75) is 12.8 Å². The SMILES string of the molecule is COC(=O)c1ccc(NC(=O)C2CCCN(c3ccc(-c4ccccc4OC)nn3)C2)cc1. The Bertz CT molecular complexity index is 1120. The lowest BCUT2D eigenvalue weighted by Gasteiger charge is -2.32. The number of carbonyl (C=O) groups excluding carboxylic acids is 2. The van der Waals surface area contributed by atoms with Gasteiger partial charge in [-0.2, -0.15) is 0 Å². The number of anilines is 2. The number of aromatic nitrogens is 2. The van der Waals surface area contributed by atoms with E-state index in [1.807, 2.05) is 36.4 Å². The number of methoxy groups -OCH3 is 2. The highest BCUT2D eigenvalue weighted by molar-refractivity contribution is 5.94. The van der Waals surface area contributed by atoms with Crippen LogP contribution in [0.3, 0.4) is 0 Å². The van der Waals surface area contributed by atoms with Gasteiger partial charge in [0.2, 0.25) is 5.91 Å². The standard InChI is InChI=1S/C25H26N4O4/c1-32-22-8-4-3-7-20(22)21-13-14-23(28-27-21)29-15-5-6-18(16-29)24(30)26-19-11-9-17(10-12-19)25(31)33-2/h3-4,7-14,18H,5-6,15-16H2,1-2H3,(H,26,30). The summed E-state index contributed by atoms with van der Waals surface area (Å²) in [5.74, 6) is 0.856. The van der Waals surface area contributed by atoms with Crippen LogP contribution in [0.2, 0.25) is 0 Å². The molecule has 1 N–H and O–H groups in total. The molecule has 1 aliphatic heterocycles. The van der Waals surface area contributed by atoms with Gasteiger partial charge in [0.15, 0.2) is 5.82 Å². The minimum absolute atomic E-state index is 0.0517. The van der Waals surface area contributed by atoms with E-state index in [2.05, 4.69) is 20.4 Å². The van der Waals surface area contributed by atoms with E-state index in [0.717, 1.165) is 42.2 Å². The molecule has 0 bridgehead atoms. The fourth-order valence-corrected chi connectivity index (χ4v) is 3.94. The number of piperidine rings is 1. The first-order chi connectivity index (χ1) is 16.1. The largest absolute Gasteiger partial charge is 0.496 e. The smallest absolute Gasteiger partial charge is 0.337 e. The van der Waals surface area contributed by atoms with E-state index in [4.69, 9.17) is 9.47 Å². The number of rotatable bonds is 6. The second kappa shape index (κ2) is 10.1. The number of esters is 1. The molecule has 0 radical (unpaired) electrons. The molecule has 8 nitrogen and oxygen atoms in total. The summed E-state index contributed by atoms with van der Waals surface area (Å²) in [5.41, 5.74) is 2.70. The number of para-hydroxylation sites is 1. The van der Waals surface area contributed by atoms with E-state index in [1.165, 1.54) is 7.11 Å². The predicted octanol–water partition coefficient (Wildman–Crippen LogP) is 3.79. The van der Waals surface area contributed by atoms with Crippen LogP contribution in [0.1, 0.15) is 23.2 Å². The van der Waals surface area contributed by atoms with Crippen LogP contribution in [0.15, 0.2) is 60.7 Å². The van der Waals surface area contributed by atoms with Gasteiger partial charge in [0.05, 0.1) is 31.4 Å². The molecule has 0 saturated carbocycles. The van der Waals surface area contributed by atoms with Gasteiger partial charge in [-0.25, -0.2) is 4.79 Å². The summed E-state index contributed by atoms with van der Waals surface area (Å²) in [4.78, 5) is 26.5. The number of amides is 1. The molecule has 1 atom stereocenters. The third-order valence-electron chi connectivity index (χ3n) is 5.72. The number of ether oxygens (including phenoxy) is 2. The first kappa shape index (κ1) is 22.3. The van der Waals surface area contributed by atoms with Gasteiger partial charge >= 0.3 is 5.97 Å². The second-order valence-electron chi connectivity index (χ2n) is 7.82. The average molecular weight is 447 g/mol. The van der Waals surface area contributed by atoms with Crippen molar-refractivity contribution in [1.82, 2.24) is 10.2 Å². The molecule has 1 saturated heterocycles. The van der Waals surface area contributed by atoms with Crippen LogP contribution in [0, 0.1) is 5.92 Å². The fourth-order valence-electron chi connectivity index (χ4n) is 3.94. The van der Waals surface area contributed by atoms with Gasteiger partial charge in [-0.1, -0.05) is 12.1 Å². The number of nitrogens with one attached hydrogen (secondary N) is 1. The van der Waals surface area contributed by atoms with Crippen molar-refractivity contribution < 1.29 is 19.1 Å². The van der Waals surface area contributed by atoms with Gasteiger partial charge in [-0.15, -0.1) is 10.2 Å². The van der Waals surface area contributed by atoms with Gasteiger partial charge in [-0.05, 0) is 61.4 Å². The third-order valence-corrected chi connectivity index (χ3v) is 5.72. The number of carbonyl (C=O) groups is 2. The predicted molar refractivity (Wildman–Crippen MR) is 125 cm³/mol. The van der Waals surface area contributed by atoms with Crippen LogP contribution in [-0.2, 0) is 9.53 Å². The number of nitrogens with zero attached hydrogens (tertiary/aromatic N) is 3. The Hall–Kier alpha value is -3.94. The van der Waals surface area contributed by atoms with Gasteiger partial charge in [0, 0.05) is 24.3 Å². The summed E-state index contributed by atoms with van der Waals surface area (Å²) in [6.07, 6.45) is 1.69. The van der Waals surface area contributed by atoms with Crippen molar-refractivity contribution >= 4 is 23.4 Å². The normalized spacial score (nSPS) is 15.6. The molecule has 4 rings (SSSR count). The van der Waals surface area contributed by atoms with Gasteiger partial charge in [0.1, 0.15) is 5.75 Å². The van der Waals surface area contributed by atoms with Crippen LogP contribution < -0.4 is 15.0 Å². The summed E-state index contributed by atoms with van der Waals surface area (Å²) < 4.78 is 10.1. The molecule has 0 aliphatic carbocycles. The maximum absolute atomic E-state index is 12.8. The number of hydrogen-bond donors (Lipinski definition) is 1. The van der Waals surface area contributed by atoms with Gasteiger partial charge < -0.3 is 19.7 Å². The molecule has 1 aliphatic rings. The lowest BCUT2D eigenvalue weighted by atomic mass is 9.97. The lowest BCUT2D eigenvalue weighted by molar-refractivity contribution is -0.120. The topological polar surface area (TPSA) is 93.7 Å². The molecule has 33 heavy (non-hydrogen) atoms. The maximum Gasteiger partial charge on any atom is 0.337 e. The summed E-state index contributed by atoms with van der Waals surface area (Å²) in [6.45, 7) is 1.38. The van der Waals surface area contributed by atoms with Crippen molar-refractivity contribution in [3.05, 3.63) is 66.2 Å². The Morgan fingerprint density at radius 3 is 2.48 bits per heavy atom. The zero-order chi connectivity index (χ0) is 23.2. The molecule has 1 fully saturated rings. The molecule has 8 heteroatoms. The monoisotopic (exact) mass is 446 g/mol. The molecule has 1 amide bonds. The zero-order valence-corrected chi connectivity index (χ0v) is 18.7. The highest BCUT2D eigenvalue weighted by Gasteiger charge is 2.27. The number of hydrogen-bond acceptors (Lipinski definition) is 7. The van der Waals surface area contributed by atoms with Crippen LogP contribution in [0.4, 0.5) is 11.5 Å². The zero-order valence-electron chi connectivity index (χ0n) is 18.7. The summed E-state index contributed by atoms with van der Waals surface area (Å²) in [7, 11) is 2.97. The Morgan fingerprint density at radius 1 is 1.00 bits per heavy atom. The summed E-state index contributed by atoms with van der Waals surface area (Å²) in [6, 6.07) is 18.2. The molecule has 2 heterocycles. The highest BCUT2D eigenvalue weighted by Crippen LogP contribution is 2.29. The van der Waals surface area contributed by atoms with Gasteiger partial charge in [0.25, 0.3) is 0 Å². The maximum atomic E-state index is 12.8. The number of benzene rings is 2. The van der Waals surface area contributed by atoms with Crippen LogP contribution in [0.25, 0.3) is 11.3 Å². The van der Waals surface area contributed by atoms with E-state index in [-0.39, 0.29) is 11.8 Å². The van der Waals surface area contributed by atoms with Crippen LogP contribution >= 0.6 is 0 Å². The molecule has 2 aromatic carbocycles. The van der Waals surface area contributed by atoms with Crippen molar-refractivity contribution in [1.29, 1.82) is 0 Å². The molecule has 1 aromatic heterocycles. The van der Waals surface area contributed by atoms with Crippen LogP contribution in [-0.4, -0.2) is 49.4 Å². The molecule has 3 aromatic rings. The minimum atomic E-state index is -0.409. The molecular formula is C25H26N4O4. The van der Waals surface area contributed by atoms with Gasteiger partial charge in [-0.3, -0.25) is 4.79 Å². The summed E-state index contributed by atoms with van der Waals surface area (Å²) >= 11 is 0. The highest BCUT2D eigenvalue weighted by atomic mass is 16.5. The average Bonchev–Trinajstić information content (AvgIpc) is 2.88. The molecule has 0 spiro atoms. The third kappa shape index (κ3) is 5.11. The molecule has 170 valence electrons. The fraction of sp³-hybridized carbons (Fsp3) is 0.280. The van der Waals surface area contributed by atoms with E-state index in [1.54, 1.807) is 31.4 Å². The van der Waals surface area contributed by atoms with E-state index >= 15 is 0 Å². The van der Waals surface area contributed by atoms with Crippen molar-refractivity contribution in [2.24, 2.45) is 5.92 Å². The molecule has 1 unspecified atom stereocenters. The van der Waals surface area contributed by atoms with E-state index < -0.39 is 5.97 Å². The Balaban J connectivity index is 1.41. The molecular weight excluding hydrogens is 420 g/mol. The Kier molecular flexibility index (Phi) is 6.83. The Morgan fingerprint density at radius 2 is 1.79 bits per heavy atom. The Labute approximate surface area is 192 Å². The van der Waals surface area contributed by atoms with Crippen molar-refractivity contribution in [2.75, 3.05) is 37.5 Å². The van der Waals surface area contributed by atoms with Crippen molar-refractivity contribution in [3.8, 4) is 17.0 Å². The first-order valence-electron chi connectivity index (χ1n) is 10.8. The summed E-state index contributed by atoms with van der Waals surface area (Å²) in [5, 5.41) is 11.7. The lowest BCUT2D eigenvalue weighted by Crippen LogP contribution is -2.41. The van der Waals surface area contributed by atoms with E-state index in [0.29, 0.717) is 17.8 Å². The van der Waals surface area contributed by atoms with Crippen molar-refractivity contribution in [3.63, 3.8) is 0 Å². The quantitative estimate of drug-likeness (QED) is 0.576. The second-order valence-corrected chi connectivity index (χ2v) is 7.82. The first-order valence-corrected chi connectivity index (χ1v) is 10.8. The van der Waals surface area contributed by atoms with E-state index in [9.17, 15) is 9.59 Å². The van der Waals surface area contributed by atoms with Crippen LogP contribution in [0.5, 0.6) is 5.75 Å².